The van der Waals surface area contributed by atoms with E-state index in [1.54, 1.807) is 24.3 Å². The first-order chi connectivity index (χ1) is 7.36. The molecule has 1 fully saturated rings. The molecule has 0 aromatic heterocycles. The maximum atomic E-state index is 11.6. The Labute approximate surface area is 87.8 Å². The molecule has 0 amide bonds. The third-order valence-electron chi connectivity index (χ3n) is 2.03. The van der Waals surface area contributed by atoms with Crippen LogP contribution in [0.25, 0.3) is 0 Å². The number of esters is 1. The van der Waals surface area contributed by atoms with E-state index in [1.165, 1.54) is 0 Å². The van der Waals surface area contributed by atoms with E-state index in [9.17, 15) is 4.79 Å². The second-order valence-electron chi connectivity index (χ2n) is 3.15. The van der Waals surface area contributed by atoms with Gasteiger partial charge in [-0.3, -0.25) is 0 Å². The van der Waals surface area contributed by atoms with Gasteiger partial charge in [-0.05, 0) is 12.1 Å². The molecule has 2 rings (SSSR count). The van der Waals surface area contributed by atoms with E-state index in [4.69, 9.17) is 14.2 Å². The Balaban J connectivity index is 1.91. The van der Waals surface area contributed by atoms with Crippen molar-refractivity contribution >= 4 is 5.97 Å². The molecule has 1 heterocycles. The Morgan fingerprint density at radius 3 is 2.73 bits per heavy atom. The van der Waals surface area contributed by atoms with Crippen LogP contribution < -0.4 is 0 Å². The molecule has 0 spiro atoms. The second-order valence-corrected chi connectivity index (χ2v) is 3.15. The van der Waals surface area contributed by atoms with E-state index in [0.717, 1.165) is 0 Å². The molecule has 1 aliphatic rings. The first kappa shape index (κ1) is 10.1. The standard InChI is InChI=1S/C11H12O4/c12-11(9-4-2-1-3-5-9)15-10-8-13-6-7-14-10/h1-5,10H,6-8H2/t10-/m0/s1. The van der Waals surface area contributed by atoms with Gasteiger partial charge in [0.05, 0.1) is 18.8 Å². The predicted molar refractivity (Wildman–Crippen MR) is 52.4 cm³/mol. The van der Waals surface area contributed by atoms with Gasteiger partial charge in [0.15, 0.2) is 0 Å². The van der Waals surface area contributed by atoms with Crippen LogP contribution in [0.3, 0.4) is 0 Å². The largest absolute Gasteiger partial charge is 0.430 e. The Kier molecular flexibility index (Phi) is 3.32. The summed E-state index contributed by atoms with van der Waals surface area (Å²) in [5.74, 6) is -0.383. The minimum atomic E-state index is -0.577. The van der Waals surface area contributed by atoms with E-state index in [1.807, 2.05) is 6.07 Å². The highest BCUT2D eigenvalue weighted by molar-refractivity contribution is 5.89. The molecule has 80 valence electrons. The SMILES string of the molecule is O=C(O[C@H]1COCCO1)c1ccccc1. The van der Waals surface area contributed by atoms with E-state index < -0.39 is 6.29 Å². The fourth-order valence-corrected chi connectivity index (χ4v) is 1.30. The molecule has 1 atom stereocenters. The van der Waals surface area contributed by atoms with Crippen LogP contribution in [0.5, 0.6) is 0 Å². The molecule has 1 aromatic carbocycles. The zero-order valence-electron chi connectivity index (χ0n) is 8.22. The first-order valence-corrected chi connectivity index (χ1v) is 4.81. The smallest absolute Gasteiger partial charge is 0.340 e. The number of carbonyl (C=O) groups excluding carboxylic acids is 1. The molecule has 0 saturated carbocycles. The average Bonchev–Trinajstić information content (AvgIpc) is 2.31. The molecule has 1 saturated heterocycles. The fourth-order valence-electron chi connectivity index (χ4n) is 1.30. The summed E-state index contributed by atoms with van der Waals surface area (Å²) in [6.07, 6.45) is -0.577. The van der Waals surface area contributed by atoms with Crippen molar-refractivity contribution in [3.05, 3.63) is 35.9 Å². The quantitative estimate of drug-likeness (QED) is 0.685. The number of rotatable bonds is 2. The van der Waals surface area contributed by atoms with Crippen molar-refractivity contribution in [1.82, 2.24) is 0 Å². The minimum absolute atomic E-state index is 0.304. The molecular weight excluding hydrogens is 196 g/mol. The van der Waals surface area contributed by atoms with Crippen molar-refractivity contribution in [3.63, 3.8) is 0 Å². The normalized spacial score (nSPS) is 20.9. The number of benzene rings is 1. The maximum absolute atomic E-state index is 11.6. The van der Waals surface area contributed by atoms with Crippen LogP contribution in [-0.2, 0) is 14.2 Å². The summed E-state index contributed by atoms with van der Waals surface area (Å²) in [7, 11) is 0. The lowest BCUT2D eigenvalue weighted by Gasteiger charge is -2.22. The van der Waals surface area contributed by atoms with Gasteiger partial charge < -0.3 is 14.2 Å². The van der Waals surface area contributed by atoms with Crippen LogP contribution in [-0.4, -0.2) is 32.1 Å². The van der Waals surface area contributed by atoms with Gasteiger partial charge in [-0.15, -0.1) is 0 Å². The van der Waals surface area contributed by atoms with Crippen LogP contribution in [0.15, 0.2) is 30.3 Å². The highest BCUT2D eigenvalue weighted by Crippen LogP contribution is 2.07. The number of carbonyl (C=O) groups is 1. The summed E-state index contributed by atoms with van der Waals surface area (Å²) in [6.45, 7) is 1.32. The predicted octanol–water partition coefficient (Wildman–Crippen LogP) is 1.22. The number of hydrogen-bond acceptors (Lipinski definition) is 4. The Bertz CT molecular complexity index is 317. The van der Waals surface area contributed by atoms with E-state index >= 15 is 0 Å². The Morgan fingerprint density at radius 1 is 1.27 bits per heavy atom. The molecule has 4 nitrogen and oxygen atoms in total. The summed E-state index contributed by atoms with van der Waals surface area (Å²) in [5.41, 5.74) is 0.520. The molecule has 1 aromatic rings. The lowest BCUT2D eigenvalue weighted by molar-refractivity contribution is -0.186. The van der Waals surface area contributed by atoms with E-state index in [0.29, 0.717) is 25.4 Å². The van der Waals surface area contributed by atoms with Gasteiger partial charge in [-0.2, -0.15) is 0 Å². The van der Waals surface area contributed by atoms with Crippen LogP contribution in [0.2, 0.25) is 0 Å². The first-order valence-electron chi connectivity index (χ1n) is 4.81. The summed E-state index contributed by atoms with van der Waals surface area (Å²) in [5, 5.41) is 0. The van der Waals surface area contributed by atoms with Gasteiger partial charge in [-0.1, -0.05) is 18.2 Å². The summed E-state index contributed by atoms with van der Waals surface area (Å²) in [4.78, 5) is 11.6. The van der Waals surface area contributed by atoms with Crippen LogP contribution >= 0.6 is 0 Å². The Hall–Kier alpha value is -1.39. The second kappa shape index (κ2) is 4.91. The van der Waals surface area contributed by atoms with Crippen molar-refractivity contribution in [1.29, 1.82) is 0 Å². The third-order valence-corrected chi connectivity index (χ3v) is 2.03. The molecule has 4 heteroatoms. The lowest BCUT2D eigenvalue weighted by atomic mass is 10.2. The van der Waals surface area contributed by atoms with Crippen LogP contribution in [0.1, 0.15) is 10.4 Å². The molecule has 0 aliphatic carbocycles. The monoisotopic (exact) mass is 208 g/mol. The molecule has 15 heavy (non-hydrogen) atoms. The van der Waals surface area contributed by atoms with E-state index in [2.05, 4.69) is 0 Å². The van der Waals surface area contributed by atoms with Gasteiger partial charge in [0.1, 0.15) is 6.61 Å². The summed E-state index contributed by atoms with van der Waals surface area (Å²) < 4.78 is 15.4. The molecular formula is C11H12O4. The highest BCUT2D eigenvalue weighted by atomic mass is 16.7. The van der Waals surface area contributed by atoms with Crippen molar-refractivity contribution in [2.75, 3.05) is 19.8 Å². The van der Waals surface area contributed by atoms with Crippen LogP contribution in [0, 0.1) is 0 Å². The molecule has 0 bridgehead atoms. The van der Waals surface area contributed by atoms with Gasteiger partial charge in [0.2, 0.25) is 6.29 Å². The van der Waals surface area contributed by atoms with Gasteiger partial charge in [-0.25, -0.2) is 4.79 Å². The van der Waals surface area contributed by atoms with Crippen molar-refractivity contribution < 1.29 is 19.0 Å². The van der Waals surface area contributed by atoms with Gasteiger partial charge in [0, 0.05) is 0 Å². The molecule has 0 N–H and O–H groups in total. The van der Waals surface area contributed by atoms with Crippen LogP contribution in [0.4, 0.5) is 0 Å². The van der Waals surface area contributed by atoms with Crippen molar-refractivity contribution in [2.24, 2.45) is 0 Å². The minimum Gasteiger partial charge on any atom is -0.430 e. The maximum Gasteiger partial charge on any atom is 0.340 e. The van der Waals surface area contributed by atoms with Crippen molar-refractivity contribution in [3.8, 4) is 0 Å². The number of hydrogen-bond donors (Lipinski definition) is 0. The zero-order valence-corrected chi connectivity index (χ0v) is 8.22. The Morgan fingerprint density at radius 2 is 2.07 bits per heavy atom. The molecule has 0 radical (unpaired) electrons. The zero-order chi connectivity index (χ0) is 10.5. The van der Waals surface area contributed by atoms with Crippen molar-refractivity contribution in [2.45, 2.75) is 6.29 Å². The summed E-state index contributed by atoms with van der Waals surface area (Å²) >= 11 is 0. The highest BCUT2D eigenvalue weighted by Gasteiger charge is 2.19. The van der Waals surface area contributed by atoms with E-state index in [-0.39, 0.29) is 5.97 Å². The number of ether oxygens (including phenoxy) is 3. The fraction of sp³-hybridized carbons (Fsp3) is 0.364. The molecule has 0 unspecified atom stereocenters. The average molecular weight is 208 g/mol. The lowest BCUT2D eigenvalue weighted by Crippen LogP contribution is -2.32. The van der Waals surface area contributed by atoms with Gasteiger partial charge in [0.25, 0.3) is 0 Å². The summed E-state index contributed by atoms with van der Waals surface area (Å²) in [6, 6.07) is 8.82. The van der Waals surface area contributed by atoms with Gasteiger partial charge >= 0.3 is 5.97 Å². The third kappa shape index (κ3) is 2.78. The topological polar surface area (TPSA) is 44.8 Å². The molecule has 1 aliphatic heterocycles.